The lowest BCUT2D eigenvalue weighted by molar-refractivity contribution is -0.392. The van der Waals surface area contributed by atoms with Gasteiger partial charge in [0.1, 0.15) is 18.4 Å². The second-order valence-corrected chi connectivity index (χ2v) is 5.34. The van der Waals surface area contributed by atoms with Gasteiger partial charge in [-0.3, -0.25) is 10.1 Å². The largest absolute Gasteiger partial charge is 0.358 e. The minimum Gasteiger partial charge on any atom is -0.358 e. The van der Waals surface area contributed by atoms with Crippen LogP contribution >= 0.6 is 0 Å². The molecule has 0 fully saturated rings. The number of hydrogen-bond acceptors (Lipinski definition) is 7. The summed E-state index contributed by atoms with van der Waals surface area (Å²) in [6, 6.07) is 6.23. The van der Waals surface area contributed by atoms with E-state index in [-0.39, 0.29) is 18.1 Å². The van der Waals surface area contributed by atoms with E-state index in [1.165, 1.54) is 27.6 Å². The molecule has 11 heteroatoms. The molecule has 0 aliphatic rings. The van der Waals surface area contributed by atoms with Gasteiger partial charge in [0.2, 0.25) is 0 Å². The SMILES string of the molecule is Cc1ncc([N+](=O)[O-])n1Cc1cn(Cc2cccc([N+](=O)[O-])c2)nn1. The van der Waals surface area contributed by atoms with Crippen LogP contribution in [-0.4, -0.2) is 34.4 Å². The van der Waals surface area contributed by atoms with Crippen LogP contribution in [0.5, 0.6) is 0 Å². The van der Waals surface area contributed by atoms with E-state index in [1.54, 1.807) is 25.3 Å². The summed E-state index contributed by atoms with van der Waals surface area (Å²) in [5.74, 6) is 0.380. The molecule has 1 aromatic carbocycles. The molecule has 0 spiro atoms. The predicted octanol–water partition coefficient (Wildman–Crippen LogP) is 1.70. The molecular weight excluding hydrogens is 330 g/mol. The maximum atomic E-state index is 11.0. The Morgan fingerprint density at radius 3 is 2.68 bits per heavy atom. The van der Waals surface area contributed by atoms with Gasteiger partial charge in [0.05, 0.1) is 17.7 Å². The van der Waals surface area contributed by atoms with Gasteiger partial charge in [0.15, 0.2) is 5.82 Å². The van der Waals surface area contributed by atoms with Crippen molar-refractivity contribution in [3.8, 4) is 0 Å². The zero-order chi connectivity index (χ0) is 18.0. The molecule has 0 radical (unpaired) electrons. The van der Waals surface area contributed by atoms with Crippen molar-refractivity contribution >= 4 is 11.5 Å². The van der Waals surface area contributed by atoms with Crippen molar-refractivity contribution in [1.29, 1.82) is 0 Å². The molecule has 0 aliphatic heterocycles. The number of nitro benzene ring substituents is 1. The van der Waals surface area contributed by atoms with Crippen molar-refractivity contribution in [2.24, 2.45) is 0 Å². The average Bonchev–Trinajstić information content (AvgIpc) is 3.15. The molecule has 0 aliphatic carbocycles. The summed E-state index contributed by atoms with van der Waals surface area (Å²) in [5, 5.41) is 29.8. The minimum absolute atomic E-state index is 0.00232. The second kappa shape index (κ2) is 6.47. The molecule has 0 amide bonds. The zero-order valence-electron chi connectivity index (χ0n) is 13.1. The van der Waals surface area contributed by atoms with E-state index in [0.29, 0.717) is 23.6 Å². The van der Waals surface area contributed by atoms with Gasteiger partial charge in [-0.15, -0.1) is 5.10 Å². The number of benzene rings is 1. The number of non-ortho nitro benzene ring substituents is 1. The Morgan fingerprint density at radius 2 is 1.96 bits per heavy atom. The van der Waals surface area contributed by atoms with Crippen molar-refractivity contribution in [2.75, 3.05) is 0 Å². The van der Waals surface area contributed by atoms with Gasteiger partial charge < -0.3 is 10.1 Å². The number of aryl methyl sites for hydroxylation is 1. The maximum Gasteiger partial charge on any atom is 0.343 e. The monoisotopic (exact) mass is 343 g/mol. The van der Waals surface area contributed by atoms with Gasteiger partial charge in [-0.2, -0.15) is 0 Å². The molecular formula is C14H13N7O4. The van der Waals surface area contributed by atoms with Crippen molar-refractivity contribution < 1.29 is 9.85 Å². The van der Waals surface area contributed by atoms with Gasteiger partial charge in [0, 0.05) is 19.1 Å². The van der Waals surface area contributed by atoms with Crippen LogP contribution in [0.25, 0.3) is 0 Å². The summed E-state index contributed by atoms with van der Waals surface area (Å²) < 4.78 is 2.95. The van der Waals surface area contributed by atoms with E-state index >= 15 is 0 Å². The van der Waals surface area contributed by atoms with Crippen LogP contribution in [-0.2, 0) is 13.1 Å². The number of hydrogen-bond donors (Lipinski definition) is 0. The van der Waals surface area contributed by atoms with Gasteiger partial charge in [-0.05, 0) is 10.5 Å². The molecule has 11 nitrogen and oxygen atoms in total. The van der Waals surface area contributed by atoms with Crippen LogP contribution < -0.4 is 0 Å². The van der Waals surface area contributed by atoms with Crippen molar-refractivity contribution in [3.63, 3.8) is 0 Å². The second-order valence-electron chi connectivity index (χ2n) is 5.34. The molecule has 0 saturated heterocycles. The number of imidazole rings is 1. The third kappa shape index (κ3) is 3.49. The van der Waals surface area contributed by atoms with Crippen molar-refractivity contribution in [1.82, 2.24) is 24.5 Å². The van der Waals surface area contributed by atoms with Gasteiger partial charge >= 0.3 is 5.82 Å². The van der Waals surface area contributed by atoms with Crippen LogP contribution in [0.15, 0.2) is 36.7 Å². The Hall–Kier alpha value is -3.63. The van der Waals surface area contributed by atoms with E-state index in [2.05, 4.69) is 15.3 Å². The summed E-state index contributed by atoms with van der Waals surface area (Å²) in [6.07, 6.45) is 2.84. The Balaban J connectivity index is 1.77. The van der Waals surface area contributed by atoms with Crippen molar-refractivity contribution in [2.45, 2.75) is 20.0 Å². The first kappa shape index (κ1) is 16.2. The molecule has 0 saturated carbocycles. The molecule has 3 aromatic rings. The lowest BCUT2D eigenvalue weighted by Crippen LogP contribution is -2.06. The van der Waals surface area contributed by atoms with Crippen LogP contribution in [0.4, 0.5) is 11.5 Å². The third-order valence-electron chi connectivity index (χ3n) is 3.59. The normalized spacial score (nSPS) is 10.8. The highest BCUT2D eigenvalue weighted by atomic mass is 16.6. The zero-order valence-corrected chi connectivity index (χ0v) is 13.1. The summed E-state index contributed by atoms with van der Waals surface area (Å²) in [4.78, 5) is 24.8. The topological polar surface area (TPSA) is 135 Å². The number of nitrogens with zero attached hydrogens (tertiary/aromatic N) is 7. The first-order valence-corrected chi connectivity index (χ1v) is 7.23. The summed E-state index contributed by atoms with van der Waals surface area (Å²) in [5.41, 5.74) is 1.23. The molecule has 0 unspecified atom stereocenters. The van der Waals surface area contributed by atoms with Gasteiger partial charge in [0.25, 0.3) is 5.69 Å². The van der Waals surface area contributed by atoms with E-state index in [9.17, 15) is 20.2 Å². The highest BCUT2D eigenvalue weighted by Crippen LogP contribution is 2.16. The molecule has 0 N–H and O–H groups in total. The molecule has 128 valence electrons. The Labute approximate surface area is 140 Å². The van der Waals surface area contributed by atoms with Crippen LogP contribution in [0, 0.1) is 27.2 Å². The number of aromatic nitrogens is 5. The van der Waals surface area contributed by atoms with Crippen LogP contribution in [0.1, 0.15) is 17.1 Å². The molecule has 2 aromatic heterocycles. The van der Waals surface area contributed by atoms with Crippen LogP contribution in [0.2, 0.25) is 0 Å². The Morgan fingerprint density at radius 1 is 1.16 bits per heavy atom. The molecule has 3 rings (SSSR count). The first-order valence-electron chi connectivity index (χ1n) is 7.23. The van der Waals surface area contributed by atoms with Crippen LogP contribution in [0.3, 0.4) is 0 Å². The fourth-order valence-corrected chi connectivity index (χ4v) is 2.40. The van der Waals surface area contributed by atoms with Crippen molar-refractivity contribution in [3.05, 3.63) is 74.0 Å². The van der Waals surface area contributed by atoms with E-state index < -0.39 is 9.85 Å². The Bertz CT molecular complexity index is 946. The molecule has 0 atom stereocenters. The number of rotatable bonds is 6. The lowest BCUT2D eigenvalue weighted by Gasteiger charge is -2.01. The molecule has 0 bridgehead atoms. The number of nitro groups is 2. The third-order valence-corrected chi connectivity index (χ3v) is 3.59. The predicted molar refractivity (Wildman–Crippen MR) is 84.9 cm³/mol. The summed E-state index contributed by atoms with van der Waals surface area (Å²) in [7, 11) is 0. The van der Waals surface area contributed by atoms with E-state index in [1.807, 2.05) is 0 Å². The van der Waals surface area contributed by atoms with Gasteiger partial charge in [-0.1, -0.05) is 17.3 Å². The minimum atomic E-state index is -0.506. The fraction of sp³-hybridized carbons (Fsp3) is 0.214. The molecule has 25 heavy (non-hydrogen) atoms. The lowest BCUT2D eigenvalue weighted by atomic mass is 10.2. The standard InChI is InChI=1S/C14H13N7O4/c1-10-15-6-14(21(24)25)19(10)9-12-8-18(17-16-12)7-11-3-2-4-13(5-11)20(22)23/h2-6,8H,7,9H2,1H3. The molecule has 2 heterocycles. The maximum absolute atomic E-state index is 11.0. The smallest absolute Gasteiger partial charge is 0.343 e. The highest BCUT2D eigenvalue weighted by Gasteiger charge is 2.19. The summed E-state index contributed by atoms with van der Waals surface area (Å²) in [6.45, 7) is 2.14. The fourth-order valence-electron chi connectivity index (χ4n) is 2.40. The van der Waals surface area contributed by atoms with Gasteiger partial charge in [-0.25, -0.2) is 14.2 Å². The summed E-state index contributed by atoms with van der Waals surface area (Å²) >= 11 is 0. The highest BCUT2D eigenvalue weighted by molar-refractivity contribution is 5.34. The van der Waals surface area contributed by atoms with E-state index in [4.69, 9.17) is 0 Å². The Kier molecular flexibility index (Phi) is 4.20. The first-order chi connectivity index (χ1) is 11.9. The van der Waals surface area contributed by atoms with E-state index in [0.717, 1.165) is 0 Å². The quantitative estimate of drug-likeness (QED) is 0.491. The average molecular weight is 343 g/mol.